The van der Waals surface area contributed by atoms with Crippen LogP contribution in [0, 0.1) is 11.8 Å². The molecule has 2 aromatic carbocycles. The Labute approximate surface area is 132 Å². The first-order chi connectivity index (χ1) is 10.9. The third-order valence-electron chi connectivity index (χ3n) is 5.05. The minimum atomic E-state index is -0.123. The number of hydrogen-bond acceptors (Lipinski definition) is 1. The van der Waals surface area contributed by atoms with Gasteiger partial charge in [0.15, 0.2) is 0 Å². The Morgan fingerprint density at radius 2 is 1.36 bits per heavy atom. The van der Waals surface area contributed by atoms with Gasteiger partial charge >= 0.3 is 0 Å². The lowest BCUT2D eigenvalue weighted by molar-refractivity contribution is 0.210. The molecule has 0 unspecified atom stereocenters. The van der Waals surface area contributed by atoms with Crippen molar-refractivity contribution >= 4 is 0 Å². The molecular weight excluding hydrogens is 266 g/mol. The van der Waals surface area contributed by atoms with E-state index in [0.717, 1.165) is 6.54 Å². The molecular formula is C21H21N. The van der Waals surface area contributed by atoms with Crippen molar-refractivity contribution in [3.8, 4) is 0 Å². The van der Waals surface area contributed by atoms with E-state index in [1.54, 1.807) is 0 Å². The van der Waals surface area contributed by atoms with Crippen molar-refractivity contribution in [2.24, 2.45) is 11.8 Å². The fourth-order valence-electron chi connectivity index (χ4n) is 4.00. The summed E-state index contributed by atoms with van der Waals surface area (Å²) in [6.07, 6.45) is 10.3. The molecule has 0 aromatic heterocycles. The van der Waals surface area contributed by atoms with Gasteiger partial charge in [-0.25, -0.2) is 0 Å². The van der Waals surface area contributed by atoms with E-state index in [1.807, 2.05) is 0 Å². The van der Waals surface area contributed by atoms with Crippen molar-refractivity contribution < 1.29 is 0 Å². The molecule has 1 fully saturated rings. The molecule has 0 radical (unpaired) electrons. The SMILES string of the molecule is C1=C[C@H]2CNC(c3ccccc3)(c3ccccc3)[C@@H](C=C1)C2. The van der Waals surface area contributed by atoms with Crippen LogP contribution in [0.2, 0.25) is 0 Å². The fourth-order valence-corrected chi connectivity index (χ4v) is 4.00. The second kappa shape index (κ2) is 5.58. The summed E-state index contributed by atoms with van der Waals surface area (Å²) in [6, 6.07) is 21.8. The van der Waals surface area contributed by atoms with Gasteiger partial charge in [0.2, 0.25) is 0 Å². The first kappa shape index (κ1) is 13.5. The highest BCUT2D eigenvalue weighted by molar-refractivity contribution is 5.42. The third kappa shape index (κ3) is 2.13. The van der Waals surface area contributed by atoms with E-state index >= 15 is 0 Å². The smallest absolute Gasteiger partial charge is 0.0754 e. The van der Waals surface area contributed by atoms with Crippen molar-refractivity contribution in [1.82, 2.24) is 5.32 Å². The zero-order chi connectivity index (χ0) is 14.8. The molecule has 1 aliphatic carbocycles. The number of allylic oxidation sites excluding steroid dienone is 2. The van der Waals surface area contributed by atoms with Gasteiger partial charge < -0.3 is 5.32 Å². The lowest BCUT2D eigenvalue weighted by Gasteiger charge is -2.47. The molecule has 1 nitrogen and oxygen atoms in total. The van der Waals surface area contributed by atoms with E-state index in [-0.39, 0.29) is 5.54 Å². The molecule has 1 aliphatic heterocycles. The Morgan fingerprint density at radius 1 is 0.773 bits per heavy atom. The number of benzene rings is 2. The zero-order valence-corrected chi connectivity index (χ0v) is 12.7. The van der Waals surface area contributed by atoms with E-state index in [9.17, 15) is 0 Å². The highest BCUT2D eigenvalue weighted by Gasteiger charge is 2.44. The lowest BCUT2D eigenvalue weighted by atomic mass is 9.67. The van der Waals surface area contributed by atoms with Gasteiger partial charge in [0.1, 0.15) is 0 Å². The van der Waals surface area contributed by atoms with Gasteiger partial charge in [0.25, 0.3) is 0 Å². The van der Waals surface area contributed by atoms with Gasteiger partial charge in [-0.05, 0) is 23.5 Å². The van der Waals surface area contributed by atoms with Crippen molar-refractivity contribution in [2.45, 2.75) is 12.0 Å². The van der Waals surface area contributed by atoms with Gasteiger partial charge in [-0.2, -0.15) is 0 Å². The van der Waals surface area contributed by atoms with Gasteiger partial charge in [0.05, 0.1) is 5.54 Å². The average molecular weight is 287 g/mol. The highest BCUT2D eigenvalue weighted by atomic mass is 15.0. The first-order valence-corrected chi connectivity index (χ1v) is 8.11. The van der Waals surface area contributed by atoms with Crippen LogP contribution in [0.4, 0.5) is 0 Å². The average Bonchev–Trinajstić information content (AvgIpc) is 2.80. The molecule has 1 saturated heterocycles. The van der Waals surface area contributed by atoms with Crippen LogP contribution >= 0.6 is 0 Å². The molecule has 1 heteroatoms. The monoisotopic (exact) mass is 287 g/mol. The normalized spacial score (nSPS) is 25.6. The highest BCUT2D eigenvalue weighted by Crippen LogP contribution is 2.44. The predicted octanol–water partition coefficient (Wildman–Crippen LogP) is 4.28. The van der Waals surface area contributed by atoms with Crippen LogP contribution in [0.25, 0.3) is 0 Å². The van der Waals surface area contributed by atoms with E-state index in [0.29, 0.717) is 11.8 Å². The van der Waals surface area contributed by atoms with Gasteiger partial charge in [-0.1, -0.05) is 85.0 Å². The van der Waals surface area contributed by atoms with Crippen molar-refractivity contribution in [3.05, 3.63) is 96.1 Å². The topological polar surface area (TPSA) is 12.0 Å². The van der Waals surface area contributed by atoms with Crippen LogP contribution in [0.5, 0.6) is 0 Å². The number of hydrogen-bond donors (Lipinski definition) is 1. The molecule has 1 heterocycles. The summed E-state index contributed by atoms with van der Waals surface area (Å²) in [4.78, 5) is 0. The number of rotatable bonds is 2. The minimum Gasteiger partial charge on any atom is -0.303 e. The van der Waals surface area contributed by atoms with Crippen LogP contribution in [-0.2, 0) is 5.54 Å². The molecule has 2 atom stereocenters. The molecule has 2 aliphatic rings. The van der Waals surface area contributed by atoms with Crippen LogP contribution in [0.1, 0.15) is 17.5 Å². The van der Waals surface area contributed by atoms with E-state index in [1.165, 1.54) is 17.5 Å². The summed E-state index contributed by atoms with van der Waals surface area (Å²) in [5.41, 5.74) is 2.59. The third-order valence-corrected chi connectivity index (χ3v) is 5.05. The number of piperidine rings is 1. The number of nitrogens with one attached hydrogen (secondary N) is 1. The molecule has 2 aromatic rings. The van der Waals surface area contributed by atoms with E-state index in [2.05, 4.69) is 90.3 Å². The predicted molar refractivity (Wildman–Crippen MR) is 91.5 cm³/mol. The van der Waals surface area contributed by atoms with Gasteiger partial charge in [-0.3, -0.25) is 0 Å². The van der Waals surface area contributed by atoms with Gasteiger partial charge in [0, 0.05) is 12.5 Å². The van der Waals surface area contributed by atoms with Crippen molar-refractivity contribution in [1.29, 1.82) is 0 Å². The Bertz CT molecular complexity index is 645. The van der Waals surface area contributed by atoms with Crippen LogP contribution < -0.4 is 5.32 Å². The molecule has 2 bridgehead atoms. The lowest BCUT2D eigenvalue weighted by Crippen LogP contribution is -2.54. The summed E-state index contributed by atoms with van der Waals surface area (Å²) in [6.45, 7) is 1.03. The maximum absolute atomic E-state index is 3.90. The minimum absolute atomic E-state index is 0.123. The van der Waals surface area contributed by atoms with E-state index in [4.69, 9.17) is 0 Å². The van der Waals surface area contributed by atoms with Crippen LogP contribution in [0.3, 0.4) is 0 Å². The Balaban J connectivity index is 1.90. The van der Waals surface area contributed by atoms with Crippen LogP contribution in [0.15, 0.2) is 85.0 Å². The summed E-state index contributed by atoms with van der Waals surface area (Å²) in [7, 11) is 0. The fraction of sp³-hybridized carbons (Fsp3) is 0.238. The van der Waals surface area contributed by atoms with Crippen molar-refractivity contribution in [3.63, 3.8) is 0 Å². The largest absolute Gasteiger partial charge is 0.303 e. The van der Waals surface area contributed by atoms with E-state index < -0.39 is 0 Å². The molecule has 1 N–H and O–H groups in total. The molecule has 0 amide bonds. The Hall–Kier alpha value is -2.12. The molecule has 4 rings (SSSR count). The second-order valence-electron chi connectivity index (χ2n) is 6.29. The zero-order valence-electron chi connectivity index (χ0n) is 12.7. The van der Waals surface area contributed by atoms with Crippen molar-refractivity contribution in [2.75, 3.05) is 6.54 Å². The summed E-state index contributed by atoms with van der Waals surface area (Å²) < 4.78 is 0. The summed E-state index contributed by atoms with van der Waals surface area (Å²) in [5.74, 6) is 1.09. The first-order valence-electron chi connectivity index (χ1n) is 8.11. The number of fused-ring (bicyclic) bond motifs is 2. The molecule has 110 valence electrons. The summed E-state index contributed by atoms with van der Waals surface area (Å²) in [5, 5.41) is 3.90. The Kier molecular flexibility index (Phi) is 3.44. The molecule has 0 saturated carbocycles. The van der Waals surface area contributed by atoms with Crippen LogP contribution in [-0.4, -0.2) is 6.54 Å². The van der Waals surface area contributed by atoms with Gasteiger partial charge in [-0.15, -0.1) is 0 Å². The maximum atomic E-state index is 3.90. The quantitative estimate of drug-likeness (QED) is 0.869. The molecule has 0 spiro atoms. The maximum Gasteiger partial charge on any atom is 0.0754 e. The standard InChI is InChI=1S/C21H21N/c1-3-10-18(11-4-1)21(19-12-5-2-6-13-19)20-14-8-7-9-17(15-20)16-22-21/h1-14,17,20,22H,15-16H2/t17-,20+/m1/s1. The Morgan fingerprint density at radius 3 is 2.00 bits per heavy atom. The summed E-state index contributed by atoms with van der Waals surface area (Å²) >= 11 is 0. The molecule has 22 heavy (non-hydrogen) atoms. The second-order valence-corrected chi connectivity index (χ2v) is 6.29.